The first-order valence-corrected chi connectivity index (χ1v) is 10.9. The zero-order chi connectivity index (χ0) is 24.1. The van der Waals surface area contributed by atoms with Crippen molar-refractivity contribution in [3.63, 3.8) is 0 Å². The molecule has 1 aliphatic heterocycles. The highest BCUT2D eigenvalue weighted by Gasteiger charge is 2.20. The number of piperidine rings is 1. The van der Waals surface area contributed by atoms with Crippen molar-refractivity contribution in [2.75, 3.05) is 18.8 Å². The van der Waals surface area contributed by atoms with Crippen LogP contribution in [-0.2, 0) is 6.54 Å². The third-order valence-electron chi connectivity index (χ3n) is 5.51. The summed E-state index contributed by atoms with van der Waals surface area (Å²) in [5.74, 6) is -2.71. The summed E-state index contributed by atoms with van der Waals surface area (Å²) in [7, 11) is 0. The number of carbonyl (C=O) groups excluding carboxylic acids is 2. The topological polar surface area (TPSA) is 122 Å². The molecule has 1 aliphatic rings. The number of hydrogen-bond donors (Lipinski definition) is 4. The van der Waals surface area contributed by atoms with Gasteiger partial charge in [0.25, 0.3) is 11.8 Å². The molecule has 0 bridgehead atoms. The van der Waals surface area contributed by atoms with Crippen LogP contribution in [0.3, 0.4) is 0 Å². The first-order valence-electron chi connectivity index (χ1n) is 10.9. The number of nitrogens with zero attached hydrogens (tertiary/aromatic N) is 2. The predicted molar refractivity (Wildman–Crippen MR) is 123 cm³/mol. The van der Waals surface area contributed by atoms with Crippen LogP contribution in [-0.4, -0.2) is 40.9 Å². The van der Waals surface area contributed by atoms with Gasteiger partial charge in [-0.1, -0.05) is 18.2 Å². The molecule has 176 valence electrons. The molecule has 3 aromatic rings. The van der Waals surface area contributed by atoms with E-state index in [-0.39, 0.29) is 24.1 Å². The number of rotatable bonds is 6. The number of nitrogens with two attached hydrogens (primary N) is 1. The van der Waals surface area contributed by atoms with Gasteiger partial charge in [-0.25, -0.2) is 18.7 Å². The molecule has 4 rings (SSSR count). The Kier molecular flexibility index (Phi) is 7.07. The standard InChI is InChI=1S/C24H24F2N6O2/c25-18-7-6-14(9-19(18)26)11-30-23(33)16-4-1-3-15(10-16)20-13-29-22(27)21(32-20)24(34)31-17-5-2-8-28-12-17/h1,3-4,6-7,9-10,13,17,28H,2,5,8,11-12H2,(H2,27,29)(H,30,33)(H,31,34). The third kappa shape index (κ3) is 5.52. The summed E-state index contributed by atoms with van der Waals surface area (Å²) in [6.07, 6.45) is 3.27. The van der Waals surface area contributed by atoms with Crippen LogP contribution in [0.1, 0.15) is 39.3 Å². The molecule has 1 atom stereocenters. The second-order valence-corrected chi connectivity index (χ2v) is 8.02. The Hall–Kier alpha value is -3.92. The zero-order valence-corrected chi connectivity index (χ0v) is 18.3. The first kappa shape index (κ1) is 23.2. The number of nitrogens with one attached hydrogen (secondary N) is 3. The Morgan fingerprint density at radius 2 is 1.97 bits per heavy atom. The molecule has 0 saturated carbocycles. The molecule has 0 aliphatic carbocycles. The molecular weight excluding hydrogens is 442 g/mol. The summed E-state index contributed by atoms with van der Waals surface area (Å²) in [5, 5.41) is 8.83. The van der Waals surface area contributed by atoms with E-state index in [4.69, 9.17) is 5.73 Å². The smallest absolute Gasteiger partial charge is 0.274 e. The molecule has 0 spiro atoms. The summed E-state index contributed by atoms with van der Waals surface area (Å²) in [6, 6.07) is 10.1. The van der Waals surface area contributed by atoms with Crippen molar-refractivity contribution in [1.82, 2.24) is 25.9 Å². The summed E-state index contributed by atoms with van der Waals surface area (Å²) < 4.78 is 26.5. The molecule has 1 saturated heterocycles. The van der Waals surface area contributed by atoms with Crippen molar-refractivity contribution in [3.05, 3.63) is 77.1 Å². The number of nitrogen functional groups attached to an aromatic ring is 1. The lowest BCUT2D eigenvalue weighted by molar-refractivity contribution is 0.0923. The molecule has 8 nitrogen and oxygen atoms in total. The zero-order valence-electron chi connectivity index (χ0n) is 18.3. The van der Waals surface area contributed by atoms with Gasteiger partial charge in [-0.3, -0.25) is 9.59 Å². The van der Waals surface area contributed by atoms with Crippen molar-refractivity contribution < 1.29 is 18.4 Å². The monoisotopic (exact) mass is 466 g/mol. The fraction of sp³-hybridized carbons (Fsp3) is 0.250. The first-order chi connectivity index (χ1) is 16.4. The molecular formula is C24H24F2N6O2. The van der Waals surface area contributed by atoms with Crippen LogP contribution in [0.4, 0.5) is 14.6 Å². The Morgan fingerprint density at radius 1 is 1.12 bits per heavy atom. The van der Waals surface area contributed by atoms with Gasteiger partial charge in [-0.2, -0.15) is 0 Å². The van der Waals surface area contributed by atoms with Crippen LogP contribution in [0.15, 0.2) is 48.7 Å². The summed E-state index contributed by atoms with van der Waals surface area (Å²) in [4.78, 5) is 33.8. The van der Waals surface area contributed by atoms with Gasteiger partial charge in [-0.05, 0) is 49.2 Å². The van der Waals surface area contributed by atoms with E-state index in [1.165, 1.54) is 12.3 Å². The summed E-state index contributed by atoms with van der Waals surface area (Å²) >= 11 is 0. The van der Waals surface area contributed by atoms with E-state index in [0.717, 1.165) is 31.5 Å². The highest BCUT2D eigenvalue weighted by atomic mass is 19.2. The van der Waals surface area contributed by atoms with Crippen LogP contribution in [0.25, 0.3) is 11.3 Å². The van der Waals surface area contributed by atoms with Crippen LogP contribution in [0.2, 0.25) is 0 Å². The minimum absolute atomic E-state index is 0.00675. The van der Waals surface area contributed by atoms with Gasteiger partial charge in [-0.15, -0.1) is 0 Å². The normalized spacial score (nSPS) is 15.5. The Morgan fingerprint density at radius 3 is 2.74 bits per heavy atom. The van der Waals surface area contributed by atoms with E-state index >= 15 is 0 Å². The number of carbonyl (C=O) groups is 2. The fourth-order valence-corrected chi connectivity index (χ4v) is 3.69. The number of benzene rings is 2. The van der Waals surface area contributed by atoms with Crippen molar-refractivity contribution in [2.24, 2.45) is 0 Å². The predicted octanol–water partition coefficient (Wildman–Crippen LogP) is 2.42. The second kappa shape index (κ2) is 10.3. The minimum atomic E-state index is -0.977. The Bertz CT molecular complexity index is 1210. The summed E-state index contributed by atoms with van der Waals surface area (Å²) in [5.41, 5.74) is 7.64. The van der Waals surface area contributed by atoms with Crippen molar-refractivity contribution >= 4 is 17.6 Å². The van der Waals surface area contributed by atoms with Gasteiger partial charge in [0.1, 0.15) is 0 Å². The molecule has 34 heavy (non-hydrogen) atoms. The number of anilines is 1. The Labute approximate surface area is 195 Å². The fourth-order valence-electron chi connectivity index (χ4n) is 3.69. The largest absolute Gasteiger partial charge is 0.382 e. The Balaban J connectivity index is 1.48. The van der Waals surface area contributed by atoms with Gasteiger partial charge < -0.3 is 21.7 Å². The lowest BCUT2D eigenvalue weighted by Gasteiger charge is -2.23. The maximum Gasteiger partial charge on any atom is 0.274 e. The maximum absolute atomic E-state index is 13.4. The van der Waals surface area contributed by atoms with E-state index in [2.05, 4.69) is 25.9 Å². The molecule has 2 aromatic carbocycles. The lowest BCUT2D eigenvalue weighted by atomic mass is 10.1. The molecule has 1 aromatic heterocycles. The van der Waals surface area contributed by atoms with Crippen LogP contribution in [0, 0.1) is 11.6 Å². The van der Waals surface area contributed by atoms with Crippen molar-refractivity contribution in [3.8, 4) is 11.3 Å². The number of amides is 2. The summed E-state index contributed by atoms with van der Waals surface area (Å²) in [6.45, 7) is 1.64. The third-order valence-corrected chi connectivity index (χ3v) is 5.51. The van der Waals surface area contributed by atoms with E-state index in [1.54, 1.807) is 24.3 Å². The highest BCUT2D eigenvalue weighted by Crippen LogP contribution is 2.20. The van der Waals surface area contributed by atoms with Gasteiger partial charge in [0, 0.05) is 30.3 Å². The average Bonchev–Trinajstić information content (AvgIpc) is 2.85. The van der Waals surface area contributed by atoms with Crippen LogP contribution < -0.4 is 21.7 Å². The van der Waals surface area contributed by atoms with Crippen molar-refractivity contribution in [2.45, 2.75) is 25.4 Å². The van der Waals surface area contributed by atoms with E-state index in [1.807, 2.05) is 0 Å². The molecule has 2 heterocycles. The van der Waals surface area contributed by atoms with E-state index in [9.17, 15) is 18.4 Å². The molecule has 2 amide bonds. The van der Waals surface area contributed by atoms with E-state index < -0.39 is 23.4 Å². The molecule has 1 unspecified atom stereocenters. The van der Waals surface area contributed by atoms with Gasteiger partial charge in [0.15, 0.2) is 23.1 Å². The minimum Gasteiger partial charge on any atom is -0.382 e. The quantitative estimate of drug-likeness (QED) is 0.443. The van der Waals surface area contributed by atoms with Crippen molar-refractivity contribution in [1.29, 1.82) is 0 Å². The molecule has 10 heteroatoms. The van der Waals surface area contributed by atoms with Gasteiger partial charge >= 0.3 is 0 Å². The molecule has 5 N–H and O–H groups in total. The molecule has 0 radical (unpaired) electrons. The maximum atomic E-state index is 13.4. The van der Waals surface area contributed by atoms with E-state index in [0.29, 0.717) is 28.9 Å². The SMILES string of the molecule is Nc1ncc(-c2cccc(C(=O)NCc3ccc(F)c(F)c3)c2)nc1C(=O)NC1CCCNC1. The highest BCUT2D eigenvalue weighted by molar-refractivity contribution is 5.97. The van der Waals surface area contributed by atoms with Gasteiger partial charge in [0.2, 0.25) is 0 Å². The van der Waals surface area contributed by atoms with Gasteiger partial charge in [0.05, 0.1) is 11.9 Å². The second-order valence-electron chi connectivity index (χ2n) is 8.02. The number of aromatic nitrogens is 2. The lowest BCUT2D eigenvalue weighted by Crippen LogP contribution is -2.46. The van der Waals surface area contributed by atoms with Crippen LogP contribution in [0.5, 0.6) is 0 Å². The van der Waals surface area contributed by atoms with Crippen LogP contribution >= 0.6 is 0 Å². The average molecular weight is 466 g/mol. The number of halogens is 2. The number of hydrogen-bond acceptors (Lipinski definition) is 6. The molecule has 1 fully saturated rings.